The van der Waals surface area contributed by atoms with Gasteiger partial charge in [0.2, 0.25) is 12.1 Å². The maximum atomic E-state index is 13.4. The molecule has 9 atom stereocenters. The topological polar surface area (TPSA) is 284 Å². The molecule has 0 unspecified atom stereocenters. The summed E-state index contributed by atoms with van der Waals surface area (Å²) in [5.41, 5.74) is 1.36. The van der Waals surface area contributed by atoms with Crippen molar-refractivity contribution in [2.24, 2.45) is 0 Å². The van der Waals surface area contributed by atoms with Gasteiger partial charge in [-0.15, -0.1) is 0 Å². The number of aliphatic hydroxyl groups is 4. The van der Waals surface area contributed by atoms with Crippen molar-refractivity contribution in [2.45, 2.75) is 61.7 Å². The SMILES string of the molecule is COc1cc(/C=C/C(=O)OC[C@H]2O[C@@](COC(=O)/C=C/c3ccc(O)cc3)(O[C@H]3O[C@H](CO)[C@@H](O)[C@H](O)[C@H]3OC(C)=O)[C@@H](OC(=O)/C=C/c3ccc(O)cc3)[C@@H]2O)ccc1O. The summed E-state index contributed by atoms with van der Waals surface area (Å²) in [6.45, 7) is -1.70. The first-order chi connectivity index (χ1) is 29.1. The number of phenols is 3. The highest BCUT2D eigenvalue weighted by molar-refractivity contribution is 5.88. The van der Waals surface area contributed by atoms with Crippen LogP contribution in [-0.4, -0.2) is 141 Å². The molecule has 3 aromatic rings. The summed E-state index contributed by atoms with van der Waals surface area (Å²) in [5, 5.41) is 72.3. The third kappa shape index (κ3) is 12.1. The van der Waals surface area contributed by atoms with Crippen LogP contribution in [0.15, 0.2) is 85.0 Å². The molecule has 0 amide bonds. The van der Waals surface area contributed by atoms with Crippen molar-refractivity contribution < 1.29 is 92.8 Å². The molecule has 0 aromatic heterocycles. The first-order valence-electron chi connectivity index (χ1n) is 18.5. The van der Waals surface area contributed by atoms with Crippen LogP contribution in [0.4, 0.5) is 0 Å². The standard InChI is InChI=1S/C42H44O19/c1-23(44)57-39-38(53)36(51)31(20-43)58-41(39)61-42(22-56-34(49)16-8-24-3-11-27(45)12-4-24)40(59-35(50)18-9-25-5-13-28(46)14-6-25)37(52)32(60-42)21-55-33(48)17-10-26-7-15-29(47)30(19-26)54-2/h3-19,31-32,36-41,43,45-47,51-53H,20-22H2,1-2H3/b16-8+,17-10+,18-9+/t31-,32-,36-,37-,38+,39-,40+,41-,42+/m1/s1. The normalized spacial score (nSPS) is 26.3. The number of esters is 4. The van der Waals surface area contributed by atoms with E-state index in [1.165, 1.54) is 92.1 Å². The van der Waals surface area contributed by atoms with E-state index in [1.54, 1.807) is 0 Å². The molecule has 2 heterocycles. The highest BCUT2D eigenvalue weighted by Crippen LogP contribution is 2.39. The Kier molecular flexibility index (Phi) is 15.6. The fraction of sp³-hybridized carbons (Fsp3) is 0.333. The fourth-order valence-corrected chi connectivity index (χ4v) is 6.11. The number of aromatic hydroxyl groups is 3. The Morgan fingerprint density at radius 1 is 0.705 bits per heavy atom. The molecule has 0 bridgehead atoms. The van der Waals surface area contributed by atoms with Gasteiger partial charge in [-0.2, -0.15) is 0 Å². The van der Waals surface area contributed by atoms with Crippen LogP contribution in [-0.2, 0) is 52.3 Å². The summed E-state index contributed by atoms with van der Waals surface area (Å²) in [5.74, 6) is -6.81. The number of carbonyl (C=O) groups excluding carboxylic acids is 4. The lowest BCUT2D eigenvalue weighted by molar-refractivity contribution is -0.383. The smallest absolute Gasteiger partial charge is 0.331 e. The first kappa shape index (κ1) is 45.8. The van der Waals surface area contributed by atoms with E-state index in [1.807, 2.05) is 0 Å². The Balaban J connectivity index is 1.48. The maximum Gasteiger partial charge on any atom is 0.331 e. The maximum absolute atomic E-state index is 13.4. The van der Waals surface area contributed by atoms with Gasteiger partial charge in [0.25, 0.3) is 0 Å². The van der Waals surface area contributed by atoms with Crippen LogP contribution in [0.3, 0.4) is 0 Å². The van der Waals surface area contributed by atoms with Gasteiger partial charge in [0.15, 0.2) is 23.7 Å². The molecule has 7 N–H and O–H groups in total. The summed E-state index contributed by atoms with van der Waals surface area (Å²) in [4.78, 5) is 51.6. The summed E-state index contributed by atoms with van der Waals surface area (Å²) in [7, 11) is 1.34. The predicted octanol–water partition coefficient (Wildman–Crippen LogP) is 1.09. The summed E-state index contributed by atoms with van der Waals surface area (Å²) in [6.07, 6.45) is -7.81. The quantitative estimate of drug-likeness (QED) is 0.0603. The second kappa shape index (κ2) is 20.8. The Hall–Kier alpha value is -6.32. The van der Waals surface area contributed by atoms with Gasteiger partial charge in [-0.1, -0.05) is 30.3 Å². The van der Waals surface area contributed by atoms with Crippen LogP contribution >= 0.6 is 0 Å². The molecule has 2 aliphatic heterocycles. The molecule has 61 heavy (non-hydrogen) atoms. The molecule has 19 nitrogen and oxygen atoms in total. The molecule has 2 saturated heterocycles. The van der Waals surface area contributed by atoms with E-state index in [2.05, 4.69) is 0 Å². The van der Waals surface area contributed by atoms with Crippen LogP contribution in [0, 0.1) is 0 Å². The number of hydrogen-bond acceptors (Lipinski definition) is 19. The largest absolute Gasteiger partial charge is 0.508 e. The van der Waals surface area contributed by atoms with Crippen LogP contribution in [0.5, 0.6) is 23.0 Å². The third-order valence-corrected chi connectivity index (χ3v) is 9.19. The number of phenolic OH excluding ortho intramolecular Hbond substituents is 3. The molecule has 0 aliphatic carbocycles. The zero-order valence-corrected chi connectivity index (χ0v) is 32.6. The van der Waals surface area contributed by atoms with E-state index in [-0.39, 0.29) is 23.0 Å². The summed E-state index contributed by atoms with van der Waals surface area (Å²) >= 11 is 0. The van der Waals surface area contributed by atoms with Crippen molar-refractivity contribution >= 4 is 42.1 Å². The summed E-state index contributed by atoms with van der Waals surface area (Å²) in [6, 6.07) is 15.7. The number of carbonyl (C=O) groups is 4. The number of methoxy groups -OCH3 is 1. The van der Waals surface area contributed by atoms with Crippen molar-refractivity contribution in [3.63, 3.8) is 0 Å². The molecular formula is C42H44O19. The molecule has 0 spiro atoms. The van der Waals surface area contributed by atoms with E-state index in [4.69, 9.17) is 37.9 Å². The number of benzene rings is 3. The van der Waals surface area contributed by atoms with Gasteiger partial charge in [-0.25, -0.2) is 14.4 Å². The Morgan fingerprint density at radius 2 is 1.26 bits per heavy atom. The summed E-state index contributed by atoms with van der Waals surface area (Å²) < 4.78 is 44.7. The van der Waals surface area contributed by atoms with Crippen LogP contribution < -0.4 is 4.74 Å². The number of aliphatic hydroxyl groups excluding tert-OH is 4. The highest BCUT2D eigenvalue weighted by atomic mass is 16.8. The minimum absolute atomic E-state index is 0.0263. The van der Waals surface area contributed by atoms with Gasteiger partial charge in [-0.05, 0) is 71.3 Å². The van der Waals surface area contributed by atoms with Crippen molar-refractivity contribution in [1.29, 1.82) is 0 Å². The molecule has 19 heteroatoms. The van der Waals surface area contributed by atoms with Crippen molar-refractivity contribution in [3.8, 4) is 23.0 Å². The monoisotopic (exact) mass is 852 g/mol. The Morgan fingerprint density at radius 3 is 1.84 bits per heavy atom. The van der Waals surface area contributed by atoms with Gasteiger partial charge >= 0.3 is 23.9 Å². The highest BCUT2D eigenvalue weighted by Gasteiger charge is 2.62. The molecule has 326 valence electrons. The second-order valence-electron chi connectivity index (χ2n) is 13.6. The van der Waals surface area contributed by atoms with E-state index < -0.39 is 98.5 Å². The molecule has 2 aliphatic rings. The Bertz CT molecular complexity index is 2080. The van der Waals surface area contributed by atoms with Gasteiger partial charge in [0, 0.05) is 25.2 Å². The molecule has 2 fully saturated rings. The number of ether oxygens (including phenoxy) is 8. The van der Waals surface area contributed by atoms with Gasteiger partial charge in [0.1, 0.15) is 55.2 Å². The minimum atomic E-state index is -2.65. The molecule has 3 aromatic carbocycles. The van der Waals surface area contributed by atoms with E-state index in [9.17, 15) is 54.9 Å². The third-order valence-electron chi connectivity index (χ3n) is 9.19. The molecule has 5 rings (SSSR count). The predicted molar refractivity (Wildman–Crippen MR) is 208 cm³/mol. The average Bonchev–Trinajstić information content (AvgIpc) is 3.49. The Labute approximate surface area is 347 Å². The second-order valence-corrected chi connectivity index (χ2v) is 13.6. The fourth-order valence-electron chi connectivity index (χ4n) is 6.11. The van der Waals surface area contributed by atoms with E-state index in [0.717, 1.165) is 25.2 Å². The van der Waals surface area contributed by atoms with Gasteiger partial charge in [0.05, 0.1) is 13.7 Å². The van der Waals surface area contributed by atoms with Crippen molar-refractivity contribution in [2.75, 3.05) is 26.9 Å². The first-order valence-corrected chi connectivity index (χ1v) is 18.5. The van der Waals surface area contributed by atoms with Crippen molar-refractivity contribution in [3.05, 3.63) is 102 Å². The van der Waals surface area contributed by atoms with Gasteiger partial charge < -0.3 is 73.6 Å². The van der Waals surface area contributed by atoms with Crippen molar-refractivity contribution in [1.82, 2.24) is 0 Å². The number of hydrogen-bond donors (Lipinski definition) is 7. The zero-order chi connectivity index (χ0) is 44.3. The minimum Gasteiger partial charge on any atom is -0.508 e. The molecule has 0 saturated carbocycles. The number of rotatable bonds is 16. The van der Waals surface area contributed by atoms with Crippen LogP contribution in [0.1, 0.15) is 23.6 Å². The lowest BCUT2D eigenvalue weighted by Gasteiger charge is -2.44. The molecule has 0 radical (unpaired) electrons. The lowest BCUT2D eigenvalue weighted by atomic mass is 9.98. The zero-order valence-electron chi connectivity index (χ0n) is 32.6. The van der Waals surface area contributed by atoms with Crippen LogP contribution in [0.25, 0.3) is 18.2 Å². The lowest BCUT2D eigenvalue weighted by Crippen LogP contribution is -2.64. The molecular weight excluding hydrogens is 808 g/mol. The average molecular weight is 853 g/mol. The van der Waals surface area contributed by atoms with E-state index >= 15 is 0 Å². The van der Waals surface area contributed by atoms with Gasteiger partial charge in [-0.3, -0.25) is 4.79 Å². The van der Waals surface area contributed by atoms with E-state index in [0.29, 0.717) is 16.7 Å². The van der Waals surface area contributed by atoms with Crippen LogP contribution in [0.2, 0.25) is 0 Å².